The minimum absolute atomic E-state index is 0.239. The second-order valence-electron chi connectivity index (χ2n) is 3.26. The van der Waals surface area contributed by atoms with Crippen LogP contribution in [0.4, 0.5) is 0 Å². The van der Waals surface area contributed by atoms with E-state index in [2.05, 4.69) is 21.2 Å². The van der Waals surface area contributed by atoms with Gasteiger partial charge in [-0.3, -0.25) is 4.79 Å². The first-order valence-corrected chi connectivity index (χ1v) is 5.33. The van der Waals surface area contributed by atoms with E-state index in [1.54, 1.807) is 12.1 Å². The lowest BCUT2D eigenvalue weighted by atomic mass is 10.1. The van der Waals surface area contributed by atoms with Crippen LogP contribution in [0.2, 0.25) is 0 Å². The van der Waals surface area contributed by atoms with Crippen LogP contribution >= 0.6 is 15.9 Å². The Morgan fingerprint density at radius 1 is 1.56 bits per heavy atom. The molecule has 84 valence electrons. The van der Waals surface area contributed by atoms with Gasteiger partial charge in [-0.25, -0.2) is 4.79 Å². The van der Waals surface area contributed by atoms with Gasteiger partial charge < -0.3 is 15.2 Å². The van der Waals surface area contributed by atoms with Crippen molar-refractivity contribution in [3.05, 3.63) is 27.7 Å². The molecule has 16 heavy (non-hydrogen) atoms. The lowest BCUT2D eigenvalue weighted by molar-refractivity contribution is -0.139. The molecule has 0 saturated carbocycles. The predicted octanol–water partition coefficient (Wildman–Crippen LogP) is 1.16. The summed E-state index contributed by atoms with van der Waals surface area (Å²) in [5, 5.41) is 11.2. The normalized spacial score (nSPS) is 13.2. The molecule has 0 spiro atoms. The van der Waals surface area contributed by atoms with E-state index in [0.29, 0.717) is 17.9 Å². The van der Waals surface area contributed by atoms with Crippen molar-refractivity contribution in [2.24, 2.45) is 0 Å². The Morgan fingerprint density at radius 3 is 3.00 bits per heavy atom. The number of ether oxygens (including phenoxy) is 1. The topological polar surface area (TPSA) is 75.6 Å². The van der Waals surface area contributed by atoms with E-state index in [1.165, 1.54) is 0 Å². The third-order valence-corrected chi connectivity index (χ3v) is 2.96. The maximum absolute atomic E-state index is 11.5. The molecular formula is C10H8BrNO4. The number of carbonyl (C=O) groups is 2. The van der Waals surface area contributed by atoms with Crippen LogP contribution in [-0.2, 0) is 11.3 Å². The number of halogens is 1. The zero-order valence-electron chi connectivity index (χ0n) is 8.12. The number of nitrogens with one attached hydrogen (secondary N) is 1. The fraction of sp³-hybridized carbons (Fsp3) is 0.200. The highest BCUT2D eigenvalue weighted by molar-refractivity contribution is 9.10. The standard InChI is InChI=1S/C10H8BrNO4/c11-6-1-2-7(16-4-8(13)14)9-5(6)3-12-10(9)15/h1-2H,3-4H2,(H,12,15)(H,13,14). The quantitative estimate of drug-likeness (QED) is 0.874. The maximum atomic E-state index is 11.5. The summed E-state index contributed by atoms with van der Waals surface area (Å²) in [6.45, 7) is -0.0274. The summed E-state index contributed by atoms with van der Waals surface area (Å²) in [4.78, 5) is 21.9. The summed E-state index contributed by atoms with van der Waals surface area (Å²) in [6.07, 6.45) is 0. The second kappa shape index (κ2) is 4.13. The third kappa shape index (κ3) is 1.88. The minimum atomic E-state index is -1.07. The van der Waals surface area contributed by atoms with Gasteiger partial charge in [-0.2, -0.15) is 0 Å². The largest absolute Gasteiger partial charge is 0.481 e. The van der Waals surface area contributed by atoms with Crippen molar-refractivity contribution in [2.75, 3.05) is 6.61 Å². The number of carboxylic acids is 1. The zero-order valence-corrected chi connectivity index (χ0v) is 9.70. The van der Waals surface area contributed by atoms with E-state index >= 15 is 0 Å². The van der Waals surface area contributed by atoms with Gasteiger partial charge in [0.15, 0.2) is 6.61 Å². The summed E-state index contributed by atoms with van der Waals surface area (Å²) in [5.74, 6) is -1.01. The molecule has 1 aromatic carbocycles. The maximum Gasteiger partial charge on any atom is 0.341 e. The minimum Gasteiger partial charge on any atom is -0.481 e. The molecule has 1 heterocycles. The van der Waals surface area contributed by atoms with Gasteiger partial charge in [-0.05, 0) is 12.1 Å². The van der Waals surface area contributed by atoms with Crippen molar-refractivity contribution in [3.8, 4) is 5.75 Å². The number of hydrogen-bond acceptors (Lipinski definition) is 3. The number of carbonyl (C=O) groups excluding carboxylic acids is 1. The van der Waals surface area contributed by atoms with Gasteiger partial charge in [0.1, 0.15) is 5.75 Å². The van der Waals surface area contributed by atoms with Crippen molar-refractivity contribution < 1.29 is 19.4 Å². The van der Waals surface area contributed by atoms with E-state index < -0.39 is 12.6 Å². The number of aliphatic carboxylic acids is 1. The Morgan fingerprint density at radius 2 is 2.31 bits per heavy atom. The molecule has 0 bridgehead atoms. The van der Waals surface area contributed by atoms with Crippen LogP contribution in [0.25, 0.3) is 0 Å². The summed E-state index contributed by atoms with van der Waals surface area (Å²) >= 11 is 3.32. The third-order valence-electron chi connectivity index (χ3n) is 2.22. The van der Waals surface area contributed by atoms with Crippen molar-refractivity contribution >= 4 is 27.8 Å². The molecule has 0 aromatic heterocycles. The molecule has 0 fully saturated rings. The Hall–Kier alpha value is -1.56. The van der Waals surface area contributed by atoms with Crippen molar-refractivity contribution in [3.63, 3.8) is 0 Å². The summed E-state index contributed by atoms with van der Waals surface area (Å²) in [5.41, 5.74) is 1.21. The van der Waals surface area contributed by atoms with Crippen molar-refractivity contribution in [1.82, 2.24) is 5.32 Å². The van der Waals surface area contributed by atoms with Crippen LogP contribution in [0.3, 0.4) is 0 Å². The van der Waals surface area contributed by atoms with Crippen LogP contribution in [0, 0.1) is 0 Å². The molecule has 6 heteroatoms. The van der Waals surface area contributed by atoms with Crippen molar-refractivity contribution in [2.45, 2.75) is 6.54 Å². The first-order chi connectivity index (χ1) is 7.59. The smallest absolute Gasteiger partial charge is 0.341 e. The average molecular weight is 286 g/mol. The molecule has 1 aliphatic rings. The number of amides is 1. The Labute approximate surface area is 99.5 Å². The molecular weight excluding hydrogens is 278 g/mol. The van der Waals surface area contributed by atoms with Crippen LogP contribution in [0.15, 0.2) is 16.6 Å². The van der Waals surface area contributed by atoms with Gasteiger partial charge in [0, 0.05) is 16.6 Å². The summed E-state index contributed by atoms with van der Waals surface area (Å²) < 4.78 is 5.86. The molecule has 0 saturated heterocycles. The van der Waals surface area contributed by atoms with Gasteiger partial charge in [0.25, 0.3) is 5.91 Å². The molecule has 5 nitrogen and oxygen atoms in total. The summed E-state index contributed by atoms with van der Waals surface area (Å²) in [6, 6.07) is 3.31. The molecule has 0 aliphatic carbocycles. The van der Waals surface area contributed by atoms with Gasteiger partial charge >= 0.3 is 5.97 Å². The Kier molecular flexibility index (Phi) is 2.82. The fourth-order valence-corrected chi connectivity index (χ4v) is 2.01. The Bertz CT molecular complexity index is 472. The van der Waals surface area contributed by atoms with Crippen LogP contribution < -0.4 is 10.1 Å². The van der Waals surface area contributed by atoms with E-state index in [1.807, 2.05) is 0 Å². The van der Waals surface area contributed by atoms with E-state index in [0.717, 1.165) is 10.0 Å². The van der Waals surface area contributed by atoms with Crippen LogP contribution in [0.1, 0.15) is 15.9 Å². The van der Waals surface area contributed by atoms with Crippen LogP contribution in [0.5, 0.6) is 5.75 Å². The number of fused-ring (bicyclic) bond motifs is 1. The van der Waals surface area contributed by atoms with E-state index in [4.69, 9.17) is 9.84 Å². The molecule has 0 unspecified atom stereocenters. The molecule has 1 aliphatic heterocycles. The lowest BCUT2D eigenvalue weighted by Gasteiger charge is -2.08. The van der Waals surface area contributed by atoms with E-state index in [-0.39, 0.29) is 5.91 Å². The monoisotopic (exact) mass is 285 g/mol. The van der Waals surface area contributed by atoms with Crippen molar-refractivity contribution in [1.29, 1.82) is 0 Å². The average Bonchev–Trinajstić information content (AvgIpc) is 2.61. The Balaban J connectivity index is 2.36. The van der Waals surface area contributed by atoms with Gasteiger partial charge in [0.05, 0.1) is 5.56 Å². The number of benzene rings is 1. The van der Waals surface area contributed by atoms with Gasteiger partial charge in [-0.1, -0.05) is 15.9 Å². The molecule has 2 rings (SSSR count). The number of hydrogen-bond donors (Lipinski definition) is 2. The first-order valence-electron chi connectivity index (χ1n) is 4.53. The zero-order chi connectivity index (χ0) is 11.7. The number of carboxylic acid groups (broad SMARTS) is 1. The van der Waals surface area contributed by atoms with E-state index in [9.17, 15) is 9.59 Å². The van der Waals surface area contributed by atoms with Gasteiger partial charge in [-0.15, -0.1) is 0 Å². The fourth-order valence-electron chi connectivity index (χ4n) is 1.54. The molecule has 0 radical (unpaired) electrons. The highest BCUT2D eigenvalue weighted by Crippen LogP contribution is 2.32. The molecule has 1 amide bonds. The highest BCUT2D eigenvalue weighted by atomic mass is 79.9. The van der Waals surface area contributed by atoms with Gasteiger partial charge in [0.2, 0.25) is 0 Å². The predicted molar refractivity (Wildman–Crippen MR) is 58.4 cm³/mol. The molecule has 0 atom stereocenters. The number of rotatable bonds is 3. The molecule has 1 aromatic rings. The van der Waals surface area contributed by atoms with Crippen LogP contribution in [-0.4, -0.2) is 23.6 Å². The first kappa shape index (κ1) is 10.9. The lowest BCUT2D eigenvalue weighted by Crippen LogP contribution is -2.15. The molecule has 2 N–H and O–H groups in total. The SMILES string of the molecule is O=C(O)COc1ccc(Br)c2c1C(=O)NC2. The summed E-state index contributed by atoms with van der Waals surface area (Å²) in [7, 11) is 0. The second-order valence-corrected chi connectivity index (χ2v) is 4.12. The highest BCUT2D eigenvalue weighted by Gasteiger charge is 2.25.